The van der Waals surface area contributed by atoms with Crippen LogP contribution < -0.4 is 0 Å². The highest BCUT2D eigenvalue weighted by molar-refractivity contribution is 5.75. The van der Waals surface area contributed by atoms with Gasteiger partial charge in [-0.3, -0.25) is 9.69 Å². The molecule has 3 nitrogen and oxygen atoms in total. The zero-order chi connectivity index (χ0) is 13.3. The first-order chi connectivity index (χ1) is 8.50. The summed E-state index contributed by atoms with van der Waals surface area (Å²) in [5.41, 5.74) is -0.472. The molecule has 0 aromatic carbocycles. The van der Waals surface area contributed by atoms with E-state index >= 15 is 0 Å². The molecule has 1 aliphatic carbocycles. The summed E-state index contributed by atoms with van der Waals surface area (Å²) in [4.78, 5) is 14.0. The Labute approximate surface area is 111 Å². The number of carbonyl (C=O) groups is 1. The summed E-state index contributed by atoms with van der Waals surface area (Å²) in [5.74, 6) is 0.898. The van der Waals surface area contributed by atoms with Crippen LogP contribution in [-0.4, -0.2) is 35.1 Å². The maximum atomic E-state index is 11.5. The van der Waals surface area contributed by atoms with E-state index in [4.69, 9.17) is 0 Å². The molecule has 1 heterocycles. The van der Waals surface area contributed by atoms with E-state index in [2.05, 4.69) is 18.7 Å². The monoisotopic (exact) mass is 253 g/mol. The topological polar surface area (TPSA) is 40.5 Å². The van der Waals surface area contributed by atoms with Crippen molar-refractivity contribution in [1.82, 2.24) is 4.90 Å². The van der Waals surface area contributed by atoms with Gasteiger partial charge in [-0.1, -0.05) is 33.6 Å². The molecule has 2 aliphatic rings. The summed E-state index contributed by atoms with van der Waals surface area (Å²) in [5, 5.41) is 9.47. The average Bonchev–Trinajstić information content (AvgIpc) is 2.78. The predicted molar refractivity (Wildman–Crippen MR) is 72.5 cm³/mol. The van der Waals surface area contributed by atoms with Gasteiger partial charge in [0.15, 0.2) is 0 Å². The van der Waals surface area contributed by atoms with Crippen LogP contribution in [-0.2, 0) is 4.79 Å². The molecule has 1 aliphatic heterocycles. The highest BCUT2D eigenvalue weighted by Crippen LogP contribution is 2.40. The third-order valence-corrected chi connectivity index (χ3v) is 5.65. The third-order valence-electron chi connectivity index (χ3n) is 5.65. The number of carboxylic acid groups (broad SMARTS) is 1. The lowest BCUT2D eigenvalue weighted by Gasteiger charge is -2.40. The SMILES string of the molecule is CCC1(C(=O)O)CCN(C2CCCC(C)C2C)C1. The minimum Gasteiger partial charge on any atom is -0.481 e. The molecule has 4 atom stereocenters. The third kappa shape index (κ3) is 2.29. The van der Waals surface area contributed by atoms with Crippen molar-refractivity contribution in [1.29, 1.82) is 0 Å². The molecule has 0 bridgehead atoms. The van der Waals surface area contributed by atoms with Crippen LogP contribution in [0, 0.1) is 17.3 Å². The van der Waals surface area contributed by atoms with Gasteiger partial charge in [-0.25, -0.2) is 0 Å². The number of carboxylic acids is 1. The van der Waals surface area contributed by atoms with Crippen LogP contribution in [0.5, 0.6) is 0 Å². The van der Waals surface area contributed by atoms with Crippen LogP contribution in [0.25, 0.3) is 0 Å². The van der Waals surface area contributed by atoms with Crippen LogP contribution in [0.3, 0.4) is 0 Å². The van der Waals surface area contributed by atoms with E-state index in [1.165, 1.54) is 19.3 Å². The molecule has 0 radical (unpaired) electrons. The quantitative estimate of drug-likeness (QED) is 0.840. The van der Waals surface area contributed by atoms with E-state index in [1.807, 2.05) is 6.92 Å². The maximum absolute atomic E-state index is 11.5. The van der Waals surface area contributed by atoms with Crippen LogP contribution >= 0.6 is 0 Å². The molecule has 18 heavy (non-hydrogen) atoms. The van der Waals surface area contributed by atoms with E-state index in [0.29, 0.717) is 12.0 Å². The van der Waals surface area contributed by atoms with Crippen LogP contribution in [0.1, 0.15) is 52.9 Å². The first-order valence-corrected chi connectivity index (χ1v) is 7.47. The Morgan fingerprint density at radius 3 is 2.67 bits per heavy atom. The number of aliphatic carboxylic acids is 1. The zero-order valence-corrected chi connectivity index (χ0v) is 12.0. The fourth-order valence-electron chi connectivity index (χ4n) is 3.87. The fraction of sp³-hybridized carbons (Fsp3) is 0.933. The van der Waals surface area contributed by atoms with Crippen molar-refractivity contribution in [2.24, 2.45) is 17.3 Å². The second-order valence-corrected chi connectivity index (χ2v) is 6.49. The standard InChI is InChI=1S/C15H27NO2/c1-4-15(14(17)18)8-9-16(10-15)13-7-5-6-11(2)12(13)3/h11-13H,4-10H2,1-3H3,(H,17,18). The number of hydrogen-bond donors (Lipinski definition) is 1. The van der Waals surface area contributed by atoms with Gasteiger partial charge in [0.2, 0.25) is 0 Å². The van der Waals surface area contributed by atoms with Gasteiger partial charge < -0.3 is 5.11 Å². The Hall–Kier alpha value is -0.570. The van der Waals surface area contributed by atoms with E-state index in [0.717, 1.165) is 31.8 Å². The molecule has 104 valence electrons. The smallest absolute Gasteiger partial charge is 0.310 e. The first-order valence-electron chi connectivity index (χ1n) is 7.47. The molecule has 0 aromatic rings. The molecular weight excluding hydrogens is 226 g/mol. The number of rotatable bonds is 3. The summed E-state index contributed by atoms with van der Waals surface area (Å²) in [6.45, 7) is 8.45. The van der Waals surface area contributed by atoms with Gasteiger partial charge in [-0.2, -0.15) is 0 Å². The Kier molecular flexibility index (Phi) is 4.00. The summed E-state index contributed by atoms with van der Waals surface area (Å²) < 4.78 is 0. The van der Waals surface area contributed by atoms with Crippen molar-refractivity contribution >= 4 is 5.97 Å². The van der Waals surface area contributed by atoms with Gasteiger partial charge in [-0.05, 0) is 37.6 Å². The Morgan fingerprint density at radius 1 is 1.39 bits per heavy atom. The van der Waals surface area contributed by atoms with Gasteiger partial charge >= 0.3 is 5.97 Å². The summed E-state index contributed by atoms with van der Waals surface area (Å²) >= 11 is 0. The zero-order valence-electron chi connectivity index (χ0n) is 12.0. The minimum atomic E-state index is -0.594. The average molecular weight is 253 g/mol. The second-order valence-electron chi connectivity index (χ2n) is 6.49. The van der Waals surface area contributed by atoms with Crippen molar-refractivity contribution in [3.05, 3.63) is 0 Å². The largest absolute Gasteiger partial charge is 0.481 e. The van der Waals surface area contributed by atoms with E-state index < -0.39 is 11.4 Å². The highest BCUT2D eigenvalue weighted by atomic mass is 16.4. The van der Waals surface area contributed by atoms with Crippen molar-refractivity contribution < 1.29 is 9.90 Å². The van der Waals surface area contributed by atoms with Gasteiger partial charge in [0.05, 0.1) is 5.41 Å². The molecule has 0 spiro atoms. The van der Waals surface area contributed by atoms with Crippen molar-refractivity contribution in [3.8, 4) is 0 Å². The van der Waals surface area contributed by atoms with E-state index in [-0.39, 0.29) is 0 Å². The minimum absolute atomic E-state index is 0.472. The molecule has 2 fully saturated rings. The lowest BCUT2D eigenvalue weighted by molar-refractivity contribution is -0.148. The molecule has 1 N–H and O–H groups in total. The first kappa shape index (κ1) is 13.9. The number of likely N-dealkylation sites (tertiary alicyclic amines) is 1. The molecule has 0 aromatic heterocycles. The second kappa shape index (κ2) is 5.20. The van der Waals surface area contributed by atoms with Crippen LogP contribution in [0.2, 0.25) is 0 Å². The normalized spacial score (nSPS) is 42.1. The molecule has 0 amide bonds. The lowest BCUT2D eigenvalue weighted by Crippen LogP contribution is -2.44. The van der Waals surface area contributed by atoms with Gasteiger partial charge in [0.25, 0.3) is 0 Å². The predicted octanol–water partition coefficient (Wildman–Crippen LogP) is 3.00. The molecule has 1 saturated heterocycles. The summed E-state index contributed by atoms with van der Waals surface area (Å²) in [6, 6.07) is 0.613. The molecule has 1 saturated carbocycles. The van der Waals surface area contributed by atoms with Gasteiger partial charge in [0.1, 0.15) is 0 Å². The fourth-order valence-corrected chi connectivity index (χ4v) is 3.87. The molecular formula is C15H27NO2. The molecule has 3 heteroatoms. The number of hydrogen-bond acceptors (Lipinski definition) is 2. The van der Waals surface area contributed by atoms with Crippen LogP contribution in [0.4, 0.5) is 0 Å². The van der Waals surface area contributed by atoms with Gasteiger partial charge in [-0.15, -0.1) is 0 Å². The summed E-state index contributed by atoms with van der Waals surface area (Å²) in [6.07, 6.45) is 5.49. The Balaban J connectivity index is 2.06. The highest BCUT2D eigenvalue weighted by Gasteiger charge is 2.46. The van der Waals surface area contributed by atoms with Gasteiger partial charge in [0, 0.05) is 12.6 Å². The van der Waals surface area contributed by atoms with Crippen LogP contribution in [0.15, 0.2) is 0 Å². The van der Waals surface area contributed by atoms with Crippen molar-refractivity contribution in [2.75, 3.05) is 13.1 Å². The molecule has 4 unspecified atom stereocenters. The van der Waals surface area contributed by atoms with E-state index in [1.54, 1.807) is 0 Å². The van der Waals surface area contributed by atoms with Crippen molar-refractivity contribution in [3.63, 3.8) is 0 Å². The lowest BCUT2D eigenvalue weighted by atomic mass is 9.77. The molecule has 2 rings (SSSR count). The van der Waals surface area contributed by atoms with Crippen molar-refractivity contribution in [2.45, 2.75) is 58.9 Å². The summed E-state index contributed by atoms with van der Waals surface area (Å²) in [7, 11) is 0. The Morgan fingerprint density at radius 2 is 2.11 bits per heavy atom. The Bertz CT molecular complexity index is 318. The maximum Gasteiger partial charge on any atom is 0.310 e. The van der Waals surface area contributed by atoms with E-state index in [9.17, 15) is 9.90 Å². The number of nitrogens with zero attached hydrogens (tertiary/aromatic N) is 1.